The maximum atomic E-state index is 13.2. The van der Waals surface area contributed by atoms with Gasteiger partial charge in [-0.25, -0.2) is 13.4 Å². The molecule has 2 aromatic rings. The quantitative estimate of drug-likeness (QED) is 0.482. The van der Waals surface area contributed by atoms with Gasteiger partial charge in [0.05, 0.1) is 10.8 Å². The molecule has 1 amide bonds. The second-order valence-corrected chi connectivity index (χ2v) is 11.0. The second kappa shape index (κ2) is 9.76. The minimum atomic E-state index is -4.28. The standard InChI is InChI=1S/C21H26BN3O7S2/c1-6-13(7-2)20(28)32-22(29)16-11(3)8-9-14-15(16)18(26)17(25(5)34(14,30)31)19(27)24-21-23-10-12(4)33-21/h8-10,13,26,29H,6-7H2,1-5H3,(H,23,24,27). The Morgan fingerprint density at radius 2 is 1.91 bits per heavy atom. The van der Waals surface area contributed by atoms with Gasteiger partial charge in [-0.15, -0.1) is 11.3 Å². The predicted octanol–water partition coefficient (Wildman–Crippen LogP) is 1.93. The van der Waals surface area contributed by atoms with Gasteiger partial charge in [-0.2, -0.15) is 0 Å². The van der Waals surface area contributed by atoms with E-state index in [2.05, 4.69) is 10.3 Å². The van der Waals surface area contributed by atoms with Gasteiger partial charge in [0.15, 0.2) is 16.6 Å². The van der Waals surface area contributed by atoms with Crippen molar-refractivity contribution in [2.45, 2.75) is 45.4 Å². The number of carbonyl (C=O) groups is 2. The lowest BCUT2D eigenvalue weighted by atomic mass is 9.72. The summed E-state index contributed by atoms with van der Waals surface area (Å²) < 4.78 is 32.4. The number of sulfonamides is 1. The summed E-state index contributed by atoms with van der Waals surface area (Å²) in [5.74, 6) is -2.67. The largest absolute Gasteiger partial charge is 0.563 e. The molecule has 0 saturated carbocycles. The van der Waals surface area contributed by atoms with E-state index in [-0.39, 0.29) is 21.1 Å². The summed E-state index contributed by atoms with van der Waals surface area (Å²) in [6.07, 6.45) is 2.54. The number of aromatic nitrogens is 1. The van der Waals surface area contributed by atoms with Crippen LogP contribution in [0.2, 0.25) is 0 Å². The first-order chi connectivity index (χ1) is 15.9. The van der Waals surface area contributed by atoms with E-state index >= 15 is 0 Å². The van der Waals surface area contributed by atoms with E-state index in [0.29, 0.717) is 22.7 Å². The molecule has 0 atom stereocenters. The number of thiazole rings is 1. The smallest absolute Gasteiger partial charge is 0.506 e. The fourth-order valence-corrected chi connectivity index (χ4v) is 5.79. The molecule has 13 heteroatoms. The van der Waals surface area contributed by atoms with Crippen LogP contribution in [-0.2, 0) is 24.3 Å². The first-order valence-electron chi connectivity index (χ1n) is 10.6. The molecular formula is C21H26BN3O7S2. The maximum Gasteiger partial charge on any atom is 0.563 e. The summed E-state index contributed by atoms with van der Waals surface area (Å²) in [5, 5.41) is 24.6. The molecule has 0 saturated heterocycles. The number of hydrogen-bond donors (Lipinski definition) is 3. The van der Waals surface area contributed by atoms with Gasteiger partial charge >= 0.3 is 7.12 Å². The van der Waals surface area contributed by atoms with Crippen LogP contribution in [0.3, 0.4) is 0 Å². The molecule has 0 unspecified atom stereocenters. The SMILES string of the molecule is CCC(CC)C(=O)OB(O)c1c(C)ccc2c1C(O)=C(C(=O)Nc1ncc(C)s1)N(C)S2(=O)=O. The van der Waals surface area contributed by atoms with E-state index in [1.807, 2.05) is 13.8 Å². The molecule has 182 valence electrons. The van der Waals surface area contributed by atoms with Crippen molar-refractivity contribution in [1.82, 2.24) is 9.29 Å². The van der Waals surface area contributed by atoms with E-state index < -0.39 is 46.4 Å². The monoisotopic (exact) mass is 507 g/mol. The average molecular weight is 507 g/mol. The number of nitrogens with zero attached hydrogens (tertiary/aromatic N) is 2. The van der Waals surface area contributed by atoms with Gasteiger partial charge in [0, 0.05) is 29.1 Å². The Morgan fingerprint density at radius 3 is 2.47 bits per heavy atom. The van der Waals surface area contributed by atoms with Crippen LogP contribution in [0.15, 0.2) is 28.9 Å². The Kier molecular flexibility index (Phi) is 7.39. The van der Waals surface area contributed by atoms with Crippen molar-refractivity contribution in [3.8, 4) is 0 Å². The normalized spacial score (nSPS) is 14.7. The number of rotatable bonds is 7. The molecule has 0 bridgehead atoms. The molecule has 1 aromatic carbocycles. The van der Waals surface area contributed by atoms with Crippen molar-refractivity contribution in [3.05, 3.63) is 40.0 Å². The van der Waals surface area contributed by atoms with Crippen LogP contribution >= 0.6 is 11.3 Å². The van der Waals surface area contributed by atoms with Crippen molar-refractivity contribution < 1.29 is 32.8 Å². The highest BCUT2D eigenvalue weighted by atomic mass is 32.2. The number of aryl methyl sites for hydroxylation is 2. The molecule has 3 rings (SSSR count). The van der Waals surface area contributed by atoms with Crippen LogP contribution in [0.25, 0.3) is 5.76 Å². The Hall–Kier alpha value is -2.90. The van der Waals surface area contributed by atoms with Crippen LogP contribution in [0.5, 0.6) is 0 Å². The van der Waals surface area contributed by atoms with E-state index in [1.165, 1.54) is 29.7 Å². The van der Waals surface area contributed by atoms with Crippen LogP contribution in [0.1, 0.15) is 42.7 Å². The summed E-state index contributed by atoms with van der Waals surface area (Å²) in [6, 6.07) is 2.70. The van der Waals surface area contributed by atoms with Gasteiger partial charge in [0.25, 0.3) is 21.9 Å². The lowest BCUT2D eigenvalue weighted by molar-refractivity contribution is -0.140. The molecular weight excluding hydrogens is 481 g/mol. The lowest BCUT2D eigenvalue weighted by Gasteiger charge is -2.30. The Morgan fingerprint density at radius 1 is 1.26 bits per heavy atom. The van der Waals surface area contributed by atoms with Gasteiger partial charge in [-0.3, -0.25) is 19.2 Å². The molecule has 0 fully saturated rings. The minimum Gasteiger partial charge on any atom is -0.506 e. The summed E-state index contributed by atoms with van der Waals surface area (Å²) in [4.78, 5) is 30.0. The zero-order valence-corrected chi connectivity index (χ0v) is 21.1. The number of hydrogen-bond acceptors (Lipinski definition) is 9. The number of benzene rings is 1. The van der Waals surface area contributed by atoms with Gasteiger partial charge in [-0.05, 0) is 38.3 Å². The summed E-state index contributed by atoms with van der Waals surface area (Å²) in [7, 11) is -4.99. The third-order valence-corrected chi connectivity index (χ3v) is 8.32. The number of carbonyl (C=O) groups excluding carboxylic acids is 2. The van der Waals surface area contributed by atoms with E-state index in [1.54, 1.807) is 13.8 Å². The lowest BCUT2D eigenvalue weighted by Crippen LogP contribution is -2.45. The molecule has 0 radical (unpaired) electrons. The van der Waals surface area contributed by atoms with Crippen LogP contribution in [-0.4, -0.2) is 53.9 Å². The van der Waals surface area contributed by atoms with Crippen molar-refractivity contribution in [2.75, 3.05) is 12.4 Å². The van der Waals surface area contributed by atoms with Crippen molar-refractivity contribution in [1.29, 1.82) is 0 Å². The van der Waals surface area contributed by atoms with Crippen molar-refractivity contribution >= 4 is 56.7 Å². The van der Waals surface area contributed by atoms with Gasteiger partial charge in [0.2, 0.25) is 0 Å². The molecule has 1 aliphatic heterocycles. The zero-order valence-electron chi connectivity index (χ0n) is 19.4. The van der Waals surface area contributed by atoms with Crippen molar-refractivity contribution in [2.24, 2.45) is 5.92 Å². The zero-order chi connectivity index (χ0) is 25.4. The van der Waals surface area contributed by atoms with E-state index in [9.17, 15) is 28.1 Å². The maximum absolute atomic E-state index is 13.2. The van der Waals surface area contributed by atoms with Crippen LogP contribution in [0.4, 0.5) is 5.13 Å². The van der Waals surface area contributed by atoms with Crippen LogP contribution in [0, 0.1) is 19.8 Å². The average Bonchev–Trinajstić information content (AvgIpc) is 3.17. The molecule has 1 aliphatic rings. The van der Waals surface area contributed by atoms with Crippen molar-refractivity contribution in [3.63, 3.8) is 0 Å². The number of amides is 1. The second-order valence-electron chi connectivity index (χ2n) is 7.87. The number of anilines is 1. The Balaban J connectivity index is 2.14. The summed E-state index contributed by atoms with van der Waals surface area (Å²) in [5.41, 5.74) is -0.583. The van der Waals surface area contributed by atoms with Crippen LogP contribution < -0.4 is 10.8 Å². The first kappa shape index (κ1) is 25.7. The molecule has 0 aliphatic carbocycles. The highest BCUT2D eigenvalue weighted by Gasteiger charge is 2.42. The number of aliphatic hydroxyl groups is 1. The summed E-state index contributed by atoms with van der Waals surface area (Å²) in [6.45, 7) is 6.98. The molecule has 2 heterocycles. The number of nitrogens with one attached hydrogen (secondary N) is 1. The highest BCUT2D eigenvalue weighted by Crippen LogP contribution is 2.35. The Bertz CT molecular complexity index is 1270. The summed E-state index contributed by atoms with van der Waals surface area (Å²) >= 11 is 1.18. The molecule has 3 N–H and O–H groups in total. The topological polar surface area (TPSA) is 146 Å². The van der Waals surface area contributed by atoms with E-state index in [0.717, 1.165) is 11.9 Å². The third kappa shape index (κ3) is 4.55. The van der Waals surface area contributed by atoms with Gasteiger partial charge < -0.3 is 14.8 Å². The Labute approximate surface area is 202 Å². The van der Waals surface area contributed by atoms with Gasteiger partial charge in [-0.1, -0.05) is 19.9 Å². The third-order valence-electron chi connectivity index (χ3n) is 5.69. The number of likely N-dealkylation sites (N-methyl/N-ethyl adjacent to an activating group) is 1. The minimum absolute atomic E-state index is 0.110. The molecule has 34 heavy (non-hydrogen) atoms. The molecule has 0 spiro atoms. The number of aliphatic hydroxyl groups excluding tert-OH is 1. The molecule has 1 aromatic heterocycles. The highest BCUT2D eigenvalue weighted by molar-refractivity contribution is 7.89. The van der Waals surface area contributed by atoms with E-state index in [4.69, 9.17) is 4.65 Å². The number of fused-ring (bicyclic) bond motifs is 1. The first-order valence-corrected chi connectivity index (χ1v) is 12.9. The molecule has 10 nitrogen and oxygen atoms in total. The predicted molar refractivity (Wildman–Crippen MR) is 129 cm³/mol. The fraction of sp³-hybridized carbons (Fsp3) is 0.381. The van der Waals surface area contributed by atoms with Gasteiger partial charge in [0.1, 0.15) is 0 Å². The fourth-order valence-electron chi connectivity index (χ4n) is 3.72.